The second-order valence-corrected chi connectivity index (χ2v) is 11.4. The van der Waals surface area contributed by atoms with Crippen molar-refractivity contribution in [2.45, 2.75) is 92.9 Å². The van der Waals surface area contributed by atoms with Crippen LogP contribution in [0.2, 0.25) is 0 Å². The molecule has 0 N–H and O–H groups in total. The standard InChI is InChI=1S/C32H42/c1-19(2)15-25-17-29-21(5)9-11-23(7)31(29)27(25)13-14-28-26(16-20(3)4)18-30-22(6)10-12-24(8)32(28)30/h9-12,17-20,27-28H,13-16H2,1-8H3. The predicted molar refractivity (Wildman–Crippen MR) is 141 cm³/mol. The van der Waals surface area contributed by atoms with E-state index in [4.69, 9.17) is 0 Å². The Balaban J connectivity index is 1.68. The van der Waals surface area contributed by atoms with Crippen LogP contribution < -0.4 is 0 Å². The third kappa shape index (κ3) is 4.26. The largest absolute Gasteiger partial charge is 0.0625 e. The molecule has 0 nitrogen and oxygen atoms in total. The van der Waals surface area contributed by atoms with Gasteiger partial charge in [0.05, 0.1) is 0 Å². The highest BCUT2D eigenvalue weighted by molar-refractivity contribution is 5.72. The minimum atomic E-state index is 0.585. The van der Waals surface area contributed by atoms with Crippen molar-refractivity contribution in [1.29, 1.82) is 0 Å². The van der Waals surface area contributed by atoms with Crippen molar-refractivity contribution in [3.05, 3.63) is 79.9 Å². The molecule has 4 rings (SSSR count). The second kappa shape index (κ2) is 9.05. The third-order valence-electron chi connectivity index (χ3n) is 7.73. The van der Waals surface area contributed by atoms with Crippen LogP contribution in [0.25, 0.3) is 12.2 Å². The molecule has 170 valence electrons. The molecule has 0 radical (unpaired) electrons. The lowest BCUT2D eigenvalue weighted by Crippen LogP contribution is -2.09. The monoisotopic (exact) mass is 426 g/mol. The first-order valence-corrected chi connectivity index (χ1v) is 12.8. The second-order valence-electron chi connectivity index (χ2n) is 11.4. The molecular formula is C32H42. The molecule has 2 aliphatic rings. The predicted octanol–water partition coefficient (Wildman–Crippen LogP) is 9.45. The van der Waals surface area contributed by atoms with Gasteiger partial charge in [0.25, 0.3) is 0 Å². The van der Waals surface area contributed by atoms with E-state index >= 15 is 0 Å². The molecular weight excluding hydrogens is 384 g/mol. The Morgan fingerprint density at radius 1 is 0.562 bits per heavy atom. The number of aryl methyl sites for hydroxylation is 4. The average molecular weight is 427 g/mol. The topological polar surface area (TPSA) is 0 Å². The molecule has 0 saturated heterocycles. The lowest BCUT2D eigenvalue weighted by atomic mass is 9.79. The van der Waals surface area contributed by atoms with Gasteiger partial charge in [-0.2, -0.15) is 0 Å². The number of allylic oxidation sites excluding steroid dienone is 2. The molecule has 0 aromatic heterocycles. The van der Waals surface area contributed by atoms with E-state index in [0.29, 0.717) is 23.7 Å². The van der Waals surface area contributed by atoms with Crippen LogP contribution >= 0.6 is 0 Å². The molecule has 0 aliphatic heterocycles. The Hall–Kier alpha value is -2.08. The molecule has 2 atom stereocenters. The highest BCUT2D eigenvalue weighted by Gasteiger charge is 2.32. The van der Waals surface area contributed by atoms with Crippen LogP contribution in [0.3, 0.4) is 0 Å². The van der Waals surface area contributed by atoms with Gasteiger partial charge in [-0.1, -0.05) is 75.3 Å². The summed E-state index contributed by atoms with van der Waals surface area (Å²) in [5.74, 6) is 2.57. The first-order valence-electron chi connectivity index (χ1n) is 12.8. The number of benzene rings is 2. The summed E-state index contributed by atoms with van der Waals surface area (Å²) >= 11 is 0. The fourth-order valence-corrected chi connectivity index (χ4v) is 6.30. The van der Waals surface area contributed by atoms with Crippen molar-refractivity contribution in [1.82, 2.24) is 0 Å². The quantitative estimate of drug-likeness (QED) is 0.413. The summed E-state index contributed by atoms with van der Waals surface area (Å²) in [6.45, 7) is 18.7. The molecule has 0 heterocycles. The first-order chi connectivity index (χ1) is 15.2. The summed E-state index contributed by atoms with van der Waals surface area (Å²) in [5, 5.41) is 0. The van der Waals surface area contributed by atoms with Crippen LogP contribution in [0.15, 0.2) is 35.4 Å². The van der Waals surface area contributed by atoms with Crippen molar-refractivity contribution in [3.63, 3.8) is 0 Å². The molecule has 2 unspecified atom stereocenters. The summed E-state index contributed by atoms with van der Waals surface area (Å²) < 4.78 is 0. The third-order valence-corrected chi connectivity index (χ3v) is 7.73. The Morgan fingerprint density at radius 2 is 0.906 bits per heavy atom. The van der Waals surface area contributed by atoms with Crippen molar-refractivity contribution >= 4 is 12.2 Å². The maximum atomic E-state index is 2.55. The normalized spacial score (nSPS) is 19.4. The van der Waals surface area contributed by atoms with Crippen LogP contribution in [0, 0.1) is 39.5 Å². The van der Waals surface area contributed by atoms with Crippen molar-refractivity contribution in [2.75, 3.05) is 0 Å². The SMILES string of the molecule is Cc1ccc(C)c2c1C=C(CC(C)C)C2CCC1C(CC(C)C)=Cc2c(C)ccc(C)c21. The summed E-state index contributed by atoms with van der Waals surface area (Å²) in [4.78, 5) is 0. The zero-order chi connectivity index (χ0) is 23.2. The molecule has 2 aromatic rings. The van der Waals surface area contributed by atoms with E-state index in [1.807, 2.05) is 0 Å². The maximum Gasteiger partial charge on any atom is 0.00605 e. The molecule has 0 heteroatoms. The smallest absolute Gasteiger partial charge is 0.00605 e. The van der Waals surface area contributed by atoms with Gasteiger partial charge in [0.15, 0.2) is 0 Å². The maximum absolute atomic E-state index is 2.55. The lowest BCUT2D eigenvalue weighted by molar-refractivity contribution is 0.539. The summed E-state index contributed by atoms with van der Waals surface area (Å²) in [6.07, 6.45) is 10.0. The zero-order valence-corrected chi connectivity index (χ0v) is 21.6. The van der Waals surface area contributed by atoms with Crippen LogP contribution in [0.4, 0.5) is 0 Å². The van der Waals surface area contributed by atoms with Gasteiger partial charge < -0.3 is 0 Å². The number of hydrogen-bond acceptors (Lipinski definition) is 0. The Morgan fingerprint density at radius 3 is 1.25 bits per heavy atom. The van der Waals surface area contributed by atoms with E-state index < -0.39 is 0 Å². The highest BCUT2D eigenvalue weighted by atomic mass is 14.4. The first kappa shape index (κ1) is 23.1. The summed E-state index contributed by atoms with van der Waals surface area (Å²) in [6, 6.07) is 9.30. The lowest BCUT2D eigenvalue weighted by Gasteiger charge is -2.25. The fourth-order valence-electron chi connectivity index (χ4n) is 6.30. The van der Waals surface area contributed by atoms with E-state index in [9.17, 15) is 0 Å². The van der Waals surface area contributed by atoms with Gasteiger partial charge in [-0.15, -0.1) is 0 Å². The molecule has 32 heavy (non-hydrogen) atoms. The van der Waals surface area contributed by atoms with Crippen molar-refractivity contribution in [2.24, 2.45) is 11.8 Å². The Bertz CT molecular complexity index is 986. The van der Waals surface area contributed by atoms with Crippen molar-refractivity contribution < 1.29 is 0 Å². The van der Waals surface area contributed by atoms with Gasteiger partial charge in [-0.25, -0.2) is 0 Å². The van der Waals surface area contributed by atoms with Crippen molar-refractivity contribution in [3.8, 4) is 0 Å². The van der Waals surface area contributed by atoms with Crippen LogP contribution in [0.1, 0.15) is 110 Å². The van der Waals surface area contributed by atoms with Gasteiger partial charge in [-0.05, 0) is 110 Å². The van der Waals surface area contributed by atoms with Gasteiger partial charge in [0, 0.05) is 11.8 Å². The Kier molecular flexibility index (Phi) is 6.53. The Labute approximate surface area is 196 Å². The number of rotatable bonds is 7. The molecule has 0 fully saturated rings. The molecule has 2 aromatic carbocycles. The summed E-state index contributed by atoms with van der Waals surface area (Å²) in [7, 11) is 0. The number of fused-ring (bicyclic) bond motifs is 2. The highest BCUT2D eigenvalue weighted by Crippen LogP contribution is 2.49. The molecule has 0 bridgehead atoms. The minimum absolute atomic E-state index is 0.585. The molecule has 2 aliphatic carbocycles. The minimum Gasteiger partial charge on any atom is -0.0625 e. The van der Waals surface area contributed by atoms with E-state index in [0.717, 1.165) is 0 Å². The van der Waals surface area contributed by atoms with Crippen LogP contribution in [-0.2, 0) is 0 Å². The van der Waals surface area contributed by atoms with Gasteiger partial charge in [0.1, 0.15) is 0 Å². The van der Waals surface area contributed by atoms with Gasteiger partial charge in [-0.3, -0.25) is 0 Å². The number of hydrogen-bond donors (Lipinski definition) is 0. The van der Waals surface area contributed by atoms with E-state index in [1.54, 1.807) is 22.3 Å². The van der Waals surface area contributed by atoms with Crippen LogP contribution in [-0.4, -0.2) is 0 Å². The average Bonchev–Trinajstić information content (AvgIpc) is 3.25. The van der Waals surface area contributed by atoms with E-state index in [-0.39, 0.29) is 0 Å². The molecule has 0 spiro atoms. The summed E-state index contributed by atoms with van der Waals surface area (Å²) in [5.41, 5.74) is 15.4. The van der Waals surface area contributed by atoms with Gasteiger partial charge in [0.2, 0.25) is 0 Å². The zero-order valence-electron chi connectivity index (χ0n) is 21.6. The fraction of sp³-hybridized carbons (Fsp3) is 0.500. The van der Waals surface area contributed by atoms with Crippen LogP contribution in [0.5, 0.6) is 0 Å². The van der Waals surface area contributed by atoms with E-state index in [1.165, 1.54) is 59.1 Å². The van der Waals surface area contributed by atoms with E-state index in [2.05, 4.69) is 91.8 Å². The van der Waals surface area contributed by atoms with Gasteiger partial charge >= 0.3 is 0 Å². The molecule has 0 saturated carbocycles. The molecule has 0 amide bonds.